The number of nitrogens with one attached hydrogen (secondary N) is 1. The molecule has 112 valence electrons. The monoisotopic (exact) mass is 305 g/mol. The number of hydrogen-bond donors (Lipinski definition) is 2. The lowest BCUT2D eigenvalue weighted by atomic mass is 10.1. The van der Waals surface area contributed by atoms with Gasteiger partial charge in [0.1, 0.15) is 18.5 Å². The maximum absolute atomic E-state index is 9.95. The van der Waals surface area contributed by atoms with Crippen molar-refractivity contribution in [2.75, 3.05) is 18.5 Å². The van der Waals surface area contributed by atoms with Gasteiger partial charge in [0.25, 0.3) is 0 Å². The molecule has 2 N–H and O–H groups in total. The molecule has 0 aliphatic carbocycles. The number of hydrogen-bond acceptors (Lipinski definition) is 3. The Balaban J connectivity index is 1.79. The Bertz CT molecular complexity index is 564. The van der Waals surface area contributed by atoms with Gasteiger partial charge in [-0.25, -0.2) is 0 Å². The fourth-order valence-corrected chi connectivity index (χ4v) is 2.22. The van der Waals surface area contributed by atoms with Crippen LogP contribution in [0.1, 0.15) is 11.1 Å². The van der Waals surface area contributed by atoms with Gasteiger partial charge in [0, 0.05) is 17.3 Å². The largest absolute Gasteiger partial charge is 0.491 e. The molecule has 0 aromatic heterocycles. The van der Waals surface area contributed by atoms with E-state index in [1.54, 1.807) is 24.3 Å². The molecule has 1 atom stereocenters. The number of benzene rings is 2. The Hall–Kier alpha value is -1.71. The average molecular weight is 306 g/mol. The number of ether oxygens (including phenoxy) is 1. The van der Waals surface area contributed by atoms with Crippen molar-refractivity contribution in [1.82, 2.24) is 0 Å². The molecule has 0 aliphatic heterocycles. The number of halogens is 1. The zero-order valence-corrected chi connectivity index (χ0v) is 13.0. The zero-order chi connectivity index (χ0) is 15.2. The topological polar surface area (TPSA) is 41.5 Å². The molecule has 2 rings (SSSR count). The maximum atomic E-state index is 9.95. The second-order valence-corrected chi connectivity index (χ2v) is 5.61. The van der Waals surface area contributed by atoms with Gasteiger partial charge in [-0.15, -0.1) is 0 Å². The van der Waals surface area contributed by atoms with Crippen LogP contribution in [-0.2, 0) is 0 Å². The normalized spacial score (nSPS) is 12.0. The number of aliphatic hydroxyl groups is 1. The van der Waals surface area contributed by atoms with Crippen molar-refractivity contribution >= 4 is 17.3 Å². The van der Waals surface area contributed by atoms with Gasteiger partial charge in [-0.05, 0) is 61.4 Å². The molecule has 0 heterocycles. The van der Waals surface area contributed by atoms with Crippen LogP contribution < -0.4 is 10.1 Å². The van der Waals surface area contributed by atoms with Crippen LogP contribution in [0.2, 0.25) is 5.02 Å². The fourth-order valence-electron chi connectivity index (χ4n) is 2.09. The Kier molecular flexibility index (Phi) is 5.48. The van der Waals surface area contributed by atoms with Crippen LogP contribution in [0.5, 0.6) is 5.75 Å². The highest BCUT2D eigenvalue weighted by molar-refractivity contribution is 6.30. The van der Waals surface area contributed by atoms with E-state index in [1.165, 1.54) is 11.1 Å². The maximum Gasteiger partial charge on any atom is 0.119 e. The van der Waals surface area contributed by atoms with Crippen LogP contribution in [0.15, 0.2) is 42.5 Å². The Labute approximate surface area is 130 Å². The fraction of sp³-hybridized carbons (Fsp3) is 0.294. The molecule has 2 aromatic carbocycles. The van der Waals surface area contributed by atoms with E-state index in [0.717, 1.165) is 5.69 Å². The van der Waals surface area contributed by atoms with E-state index in [2.05, 4.69) is 37.4 Å². The van der Waals surface area contributed by atoms with Crippen molar-refractivity contribution in [3.8, 4) is 5.75 Å². The summed E-state index contributed by atoms with van der Waals surface area (Å²) in [5.74, 6) is 0.699. The molecule has 4 heteroatoms. The highest BCUT2D eigenvalue weighted by Crippen LogP contribution is 2.16. The number of aryl methyl sites for hydroxylation is 2. The molecule has 0 amide bonds. The lowest BCUT2D eigenvalue weighted by Gasteiger charge is -2.15. The first kappa shape index (κ1) is 15.7. The first-order chi connectivity index (χ1) is 10.0. The van der Waals surface area contributed by atoms with Crippen LogP contribution in [0.25, 0.3) is 0 Å². The molecule has 0 saturated carbocycles. The standard InChI is InChI=1S/C17H20ClNO2/c1-12-7-13(2)9-15(8-12)19-10-16(20)11-21-17-5-3-14(18)4-6-17/h3-9,16,19-20H,10-11H2,1-2H3. The molecule has 2 aromatic rings. The quantitative estimate of drug-likeness (QED) is 0.853. The van der Waals surface area contributed by atoms with Gasteiger partial charge in [0.2, 0.25) is 0 Å². The van der Waals surface area contributed by atoms with Crippen LogP contribution in [0.3, 0.4) is 0 Å². The van der Waals surface area contributed by atoms with Crippen molar-refractivity contribution in [2.45, 2.75) is 20.0 Å². The minimum Gasteiger partial charge on any atom is -0.491 e. The number of rotatable bonds is 6. The molecule has 0 saturated heterocycles. The molecule has 0 spiro atoms. The molecule has 21 heavy (non-hydrogen) atoms. The molecular formula is C17H20ClNO2. The van der Waals surface area contributed by atoms with E-state index in [9.17, 15) is 5.11 Å². The Morgan fingerprint density at radius 2 is 1.71 bits per heavy atom. The summed E-state index contributed by atoms with van der Waals surface area (Å²) in [6.45, 7) is 4.78. The number of aliphatic hydroxyl groups excluding tert-OH is 1. The van der Waals surface area contributed by atoms with Gasteiger partial charge >= 0.3 is 0 Å². The van der Waals surface area contributed by atoms with Gasteiger partial charge in [-0.3, -0.25) is 0 Å². The smallest absolute Gasteiger partial charge is 0.119 e. The highest BCUT2D eigenvalue weighted by Gasteiger charge is 2.06. The van der Waals surface area contributed by atoms with Crippen LogP contribution in [0.4, 0.5) is 5.69 Å². The first-order valence-corrected chi connectivity index (χ1v) is 7.29. The number of anilines is 1. The lowest BCUT2D eigenvalue weighted by Crippen LogP contribution is -2.26. The summed E-state index contributed by atoms with van der Waals surface area (Å²) in [5, 5.41) is 13.8. The van der Waals surface area contributed by atoms with Crippen molar-refractivity contribution in [2.24, 2.45) is 0 Å². The van der Waals surface area contributed by atoms with E-state index in [0.29, 0.717) is 17.3 Å². The van der Waals surface area contributed by atoms with Gasteiger partial charge in [0.15, 0.2) is 0 Å². The summed E-state index contributed by atoms with van der Waals surface area (Å²) < 4.78 is 5.51. The van der Waals surface area contributed by atoms with Gasteiger partial charge < -0.3 is 15.2 Å². The molecular weight excluding hydrogens is 286 g/mol. The third-order valence-corrected chi connectivity index (χ3v) is 3.27. The molecule has 0 aliphatic rings. The SMILES string of the molecule is Cc1cc(C)cc(NCC(O)COc2ccc(Cl)cc2)c1. The van der Waals surface area contributed by atoms with Gasteiger partial charge in [0.05, 0.1) is 0 Å². The molecule has 0 bridgehead atoms. The lowest BCUT2D eigenvalue weighted by molar-refractivity contribution is 0.117. The zero-order valence-electron chi connectivity index (χ0n) is 12.3. The van der Waals surface area contributed by atoms with Crippen molar-refractivity contribution in [1.29, 1.82) is 0 Å². The summed E-state index contributed by atoms with van der Waals surface area (Å²) in [4.78, 5) is 0. The van der Waals surface area contributed by atoms with Crippen LogP contribution >= 0.6 is 11.6 Å². The Morgan fingerprint density at radius 1 is 1.10 bits per heavy atom. The van der Waals surface area contributed by atoms with Crippen molar-refractivity contribution in [3.05, 3.63) is 58.6 Å². The predicted molar refractivity (Wildman–Crippen MR) is 87.4 cm³/mol. The third-order valence-electron chi connectivity index (χ3n) is 3.02. The second kappa shape index (κ2) is 7.34. The minimum absolute atomic E-state index is 0.236. The second-order valence-electron chi connectivity index (χ2n) is 5.18. The summed E-state index contributed by atoms with van der Waals surface area (Å²) in [6, 6.07) is 13.3. The van der Waals surface area contributed by atoms with Crippen LogP contribution in [0, 0.1) is 13.8 Å². The molecule has 3 nitrogen and oxygen atoms in total. The van der Waals surface area contributed by atoms with Gasteiger partial charge in [-0.2, -0.15) is 0 Å². The van der Waals surface area contributed by atoms with Crippen LogP contribution in [-0.4, -0.2) is 24.4 Å². The van der Waals surface area contributed by atoms with E-state index in [1.807, 2.05) is 0 Å². The average Bonchev–Trinajstić information content (AvgIpc) is 2.43. The summed E-state index contributed by atoms with van der Waals surface area (Å²) in [6.07, 6.45) is -0.582. The molecule has 1 unspecified atom stereocenters. The Morgan fingerprint density at radius 3 is 2.33 bits per heavy atom. The van der Waals surface area contributed by atoms with E-state index < -0.39 is 6.10 Å². The molecule has 0 fully saturated rings. The van der Waals surface area contributed by atoms with E-state index in [-0.39, 0.29) is 6.61 Å². The van der Waals surface area contributed by atoms with E-state index >= 15 is 0 Å². The highest BCUT2D eigenvalue weighted by atomic mass is 35.5. The van der Waals surface area contributed by atoms with E-state index in [4.69, 9.17) is 16.3 Å². The van der Waals surface area contributed by atoms with Gasteiger partial charge in [-0.1, -0.05) is 17.7 Å². The first-order valence-electron chi connectivity index (χ1n) is 6.91. The van der Waals surface area contributed by atoms with Crippen molar-refractivity contribution < 1.29 is 9.84 Å². The minimum atomic E-state index is -0.582. The molecule has 0 radical (unpaired) electrons. The predicted octanol–water partition coefficient (Wildman–Crippen LogP) is 3.81. The summed E-state index contributed by atoms with van der Waals surface area (Å²) >= 11 is 5.80. The summed E-state index contributed by atoms with van der Waals surface area (Å²) in [5.41, 5.74) is 3.41. The third kappa shape index (κ3) is 5.29. The summed E-state index contributed by atoms with van der Waals surface area (Å²) in [7, 11) is 0. The van der Waals surface area contributed by atoms with Crippen molar-refractivity contribution in [3.63, 3.8) is 0 Å².